The van der Waals surface area contributed by atoms with E-state index in [1.165, 1.54) is 0 Å². The number of rotatable bonds is 3. The van der Waals surface area contributed by atoms with E-state index in [9.17, 15) is 0 Å². The minimum absolute atomic E-state index is 0.305. The number of H-pyrrole nitrogens is 1. The second-order valence-corrected chi connectivity index (χ2v) is 4.92. The Morgan fingerprint density at radius 1 is 1.44 bits per heavy atom. The van der Waals surface area contributed by atoms with Crippen molar-refractivity contribution in [3.63, 3.8) is 0 Å². The van der Waals surface area contributed by atoms with Crippen molar-refractivity contribution in [3.8, 4) is 5.69 Å². The molecule has 0 fully saturated rings. The van der Waals surface area contributed by atoms with Gasteiger partial charge in [0.25, 0.3) is 0 Å². The van der Waals surface area contributed by atoms with Gasteiger partial charge in [0, 0.05) is 11.6 Å². The highest BCUT2D eigenvalue weighted by Gasteiger charge is 2.05. The lowest BCUT2D eigenvalue weighted by atomic mass is 10.2. The highest BCUT2D eigenvalue weighted by Crippen LogP contribution is 2.15. The van der Waals surface area contributed by atoms with Crippen LogP contribution < -0.4 is 5.32 Å². The molecule has 0 amide bonds. The number of hydrogen-bond donors (Lipinski definition) is 2. The largest absolute Gasteiger partial charge is 0.350 e. The van der Waals surface area contributed by atoms with Crippen molar-refractivity contribution in [2.45, 2.75) is 13.8 Å². The number of tetrazole rings is 1. The van der Waals surface area contributed by atoms with Crippen molar-refractivity contribution >= 4 is 35.1 Å². The van der Waals surface area contributed by atoms with Crippen LogP contribution in [0.15, 0.2) is 24.3 Å². The summed E-state index contributed by atoms with van der Waals surface area (Å²) in [5, 5.41) is 13.3. The third-order valence-corrected chi connectivity index (χ3v) is 3.21. The van der Waals surface area contributed by atoms with Crippen LogP contribution in [-0.2, 0) is 0 Å². The number of nitrogens with zero attached hydrogens (tertiary/aromatic N) is 3. The molecule has 0 aliphatic heterocycles. The van der Waals surface area contributed by atoms with Crippen LogP contribution in [-0.4, -0.2) is 25.2 Å². The molecule has 0 radical (unpaired) electrons. The van der Waals surface area contributed by atoms with Gasteiger partial charge in [0.15, 0.2) is 0 Å². The molecule has 1 aromatic carbocycles. The molecule has 94 valence electrons. The molecule has 0 atom stereocenters. The smallest absolute Gasteiger partial charge is 0.242 e. The summed E-state index contributed by atoms with van der Waals surface area (Å²) in [5.74, 6) is 0.305. The summed E-state index contributed by atoms with van der Waals surface area (Å²) < 4.78 is 2.01. The number of thiocarbonyl (C=S) groups is 1. The van der Waals surface area contributed by atoms with Crippen molar-refractivity contribution in [3.05, 3.63) is 29.0 Å². The van der Waals surface area contributed by atoms with E-state index in [2.05, 4.69) is 20.8 Å². The summed E-state index contributed by atoms with van der Waals surface area (Å²) in [6, 6.07) is 7.72. The number of nitrogens with one attached hydrogen (secondary N) is 2. The molecule has 5 nitrogen and oxygen atoms in total. The predicted molar refractivity (Wildman–Crippen MR) is 77.6 cm³/mol. The molecule has 0 saturated heterocycles. The van der Waals surface area contributed by atoms with E-state index < -0.39 is 0 Å². The summed E-state index contributed by atoms with van der Waals surface area (Å²) in [5.41, 5.74) is 1.78. The molecule has 2 N–H and O–H groups in total. The van der Waals surface area contributed by atoms with Gasteiger partial charge in [-0.1, -0.05) is 42.4 Å². The molecule has 2 aromatic rings. The lowest BCUT2D eigenvalue weighted by molar-refractivity contribution is 0.786. The van der Waals surface area contributed by atoms with Crippen molar-refractivity contribution in [2.75, 3.05) is 5.32 Å². The van der Waals surface area contributed by atoms with Gasteiger partial charge in [0.05, 0.1) is 10.7 Å². The van der Waals surface area contributed by atoms with Gasteiger partial charge in [-0.3, -0.25) is 0 Å². The van der Waals surface area contributed by atoms with Crippen LogP contribution in [0.1, 0.15) is 13.8 Å². The maximum atomic E-state index is 5.26. The standard InChI is InChI=1S/C11H13N5S2/c1-7(2)10(17)12-8-4-3-5-9(6-8)16-11(18)13-14-15-16/h3-7H,1-2H3,(H,12,17)(H,13,15,18). The summed E-state index contributed by atoms with van der Waals surface area (Å²) in [4.78, 5) is 0.804. The number of hydrogen-bond acceptors (Lipinski definition) is 4. The summed E-state index contributed by atoms with van der Waals surface area (Å²) in [7, 11) is 0. The zero-order chi connectivity index (χ0) is 13.1. The van der Waals surface area contributed by atoms with Crippen LogP contribution in [0, 0.1) is 10.7 Å². The molecule has 0 spiro atoms. The Bertz CT molecular complexity index is 614. The third-order valence-electron chi connectivity index (χ3n) is 2.37. The molecule has 0 bridgehead atoms. The normalized spacial score (nSPS) is 10.6. The Kier molecular flexibility index (Phi) is 3.83. The Labute approximate surface area is 115 Å². The van der Waals surface area contributed by atoms with Crippen molar-refractivity contribution in [2.24, 2.45) is 5.92 Å². The van der Waals surface area contributed by atoms with E-state index in [4.69, 9.17) is 24.4 Å². The van der Waals surface area contributed by atoms with Crippen molar-refractivity contribution in [1.29, 1.82) is 0 Å². The first-order chi connectivity index (χ1) is 8.58. The van der Waals surface area contributed by atoms with Gasteiger partial charge < -0.3 is 5.32 Å². The highest BCUT2D eigenvalue weighted by atomic mass is 32.1. The molecule has 1 aromatic heterocycles. The fourth-order valence-electron chi connectivity index (χ4n) is 1.37. The lowest BCUT2D eigenvalue weighted by Gasteiger charge is -2.11. The van der Waals surface area contributed by atoms with E-state index in [1.807, 2.05) is 38.1 Å². The minimum atomic E-state index is 0.305. The number of anilines is 1. The van der Waals surface area contributed by atoms with E-state index in [-0.39, 0.29) is 0 Å². The second kappa shape index (κ2) is 5.36. The quantitative estimate of drug-likeness (QED) is 0.846. The van der Waals surface area contributed by atoms with Gasteiger partial charge in [0.1, 0.15) is 0 Å². The minimum Gasteiger partial charge on any atom is -0.350 e. The molecule has 0 aliphatic carbocycles. The zero-order valence-corrected chi connectivity index (χ0v) is 11.7. The summed E-state index contributed by atoms with van der Waals surface area (Å²) in [6.45, 7) is 4.10. The highest BCUT2D eigenvalue weighted by molar-refractivity contribution is 7.80. The number of benzene rings is 1. The van der Waals surface area contributed by atoms with Crippen LogP contribution >= 0.6 is 24.4 Å². The van der Waals surface area contributed by atoms with Crippen molar-refractivity contribution < 1.29 is 0 Å². The van der Waals surface area contributed by atoms with Crippen LogP contribution in [0.5, 0.6) is 0 Å². The first kappa shape index (κ1) is 12.8. The number of aromatic nitrogens is 4. The monoisotopic (exact) mass is 279 g/mol. The van der Waals surface area contributed by atoms with Crippen LogP contribution in [0.3, 0.4) is 0 Å². The van der Waals surface area contributed by atoms with Gasteiger partial charge in [-0.2, -0.15) is 5.21 Å². The average molecular weight is 279 g/mol. The Balaban J connectivity index is 2.29. The predicted octanol–water partition coefficient (Wildman–Crippen LogP) is 2.72. The number of aromatic amines is 1. The van der Waals surface area contributed by atoms with E-state index >= 15 is 0 Å². The van der Waals surface area contributed by atoms with Crippen LogP contribution in [0.4, 0.5) is 5.69 Å². The molecule has 1 heterocycles. The van der Waals surface area contributed by atoms with E-state index in [0.717, 1.165) is 16.4 Å². The Morgan fingerprint density at radius 3 is 2.83 bits per heavy atom. The maximum absolute atomic E-state index is 5.26. The zero-order valence-electron chi connectivity index (χ0n) is 10.0. The van der Waals surface area contributed by atoms with E-state index in [0.29, 0.717) is 10.7 Å². The average Bonchev–Trinajstić information content (AvgIpc) is 2.75. The van der Waals surface area contributed by atoms with Crippen LogP contribution in [0.25, 0.3) is 5.69 Å². The Hall–Kier alpha value is -1.60. The van der Waals surface area contributed by atoms with Crippen LogP contribution in [0.2, 0.25) is 0 Å². The van der Waals surface area contributed by atoms with Gasteiger partial charge in [0.2, 0.25) is 4.77 Å². The fourth-order valence-corrected chi connectivity index (χ4v) is 1.68. The molecular formula is C11H13N5S2. The first-order valence-corrected chi connectivity index (χ1v) is 6.31. The third kappa shape index (κ3) is 2.80. The van der Waals surface area contributed by atoms with E-state index in [1.54, 1.807) is 4.68 Å². The molecule has 2 rings (SSSR count). The van der Waals surface area contributed by atoms with Gasteiger partial charge in [-0.25, -0.2) is 4.68 Å². The molecule has 0 unspecified atom stereocenters. The molecule has 7 heteroatoms. The second-order valence-electron chi connectivity index (χ2n) is 4.11. The fraction of sp³-hybridized carbons (Fsp3) is 0.273. The molecule has 0 saturated carbocycles. The summed E-state index contributed by atoms with van der Waals surface area (Å²) >= 11 is 10.3. The van der Waals surface area contributed by atoms with Gasteiger partial charge in [-0.15, -0.1) is 0 Å². The summed E-state index contributed by atoms with van der Waals surface area (Å²) in [6.07, 6.45) is 0. The lowest BCUT2D eigenvalue weighted by Crippen LogP contribution is -2.15. The molecule has 18 heavy (non-hydrogen) atoms. The topological polar surface area (TPSA) is 58.5 Å². The van der Waals surface area contributed by atoms with Gasteiger partial charge in [-0.05, 0) is 30.4 Å². The Morgan fingerprint density at radius 2 is 2.22 bits per heavy atom. The van der Waals surface area contributed by atoms with Crippen molar-refractivity contribution in [1.82, 2.24) is 20.2 Å². The molecular weight excluding hydrogens is 266 g/mol. The first-order valence-electron chi connectivity index (χ1n) is 5.49. The maximum Gasteiger partial charge on any atom is 0.242 e. The molecule has 0 aliphatic rings. The van der Waals surface area contributed by atoms with Gasteiger partial charge >= 0.3 is 0 Å². The SMILES string of the molecule is CC(C)C(=S)Nc1cccc(-n2[nH]nnc2=S)c1.